The standard InChI is InChI=1S/C23H27N3O.ClH/c24-18-10-6-9-17(13-18)23(27)26-14-20(16-7-2-1-3-8-16)21-15-25-22-12-5-4-11-19(21)22;/h1-5,7-8,11-12,15,17-18,20,25H,6,9-10,13-14,24H2,(H,26,27);1H. The predicted octanol–water partition coefficient (Wildman–Crippen LogP) is 4.36. The summed E-state index contributed by atoms with van der Waals surface area (Å²) < 4.78 is 0. The van der Waals surface area contributed by atoms with Crippen molar-refractivity contribution in [1.29, 1.82) is 0 Å². The Morgan fingerprint density at radius 1 is 1.11 bits per heavy atom. The molecule has 3 aromatic rings. The van der Waals surface area contributed by atoms with Gasteiger partial charge >= 0.3 is 0 Å². The molecule has 0 aliphatic heterocycles. The number of amides is 1. The van der Waals surface area contributed by atoms with Crippen molar-refractivity contribution in [2.75, 3.05) is 6.54 Å². The highest BCUT2D eigenvalue weighted by atomic mass is 35.5. The van der Waals surface area contributed by atoms with Gasteiger partial charge in [-0.15, -0.1) is 12.4 Å². The Morgan fingerprint density at radius 3 is 2.64 bits per heavy atom. The van der Waals surface area contributed by atoms with Gasteiger partial charge in [0.05, 0.1) is 0 Å². The first kappa shape index (κ1) is 20.4. The van der Waals surface area contributed by atoms with E-state index >= 15 is 0 Å². The first-order valence-electron chi connectivity index (χ1n) is 9.86. The summed E-state index contributed by atoms with van der Waals surface area (Å²) in [5.74, 6) is 0.308. The lowest BCUT2D eigenvalue weighted by molar-refractivity contribution is -0.126. The average molecular weight is 398 g/mol. The molecule has 148 valence electrons. The number of rotatable bonds is 5. The maximum Gasteiger partial charge on any atom is 0.223 e. The van der Waals surface area contributed by atoms with Crippen molar-refractivity contribution in [3.63, 3.8) is 0 Å². The molecule has 2 aromatic carbocycles. The molecule has 1 heterocycles. The van der Waals surface area contributed by atoms with E-state index in [2.05, 4.69) is 59.0 Å². The number of hydrogen-bond acceptors (Lipinski definition) is 2. The molecule has 1 fully saturated rings. The predicted molar refractivity (Wildman–Crippen MR) is 117 cm³/mol. The molecular formula is C23H28ClN3O. The fourth-order valence-corrected chi connectivity index (χ4v) is 4.29. The number of H-pyrrole nitrogens is 1. The Bertz CT molecular complexity index is 908. The van der Waals surface area contributed by atoms with Crippen LogP contribution in [0.15, 0.2) is 60.8 Å². The average Bonchev–Trinajstić information content (AvgIpc) is 3.13. The van der Waals surface area contributed by atoms with Gasteiger partial charge in [0.2, 0.25) is 5.91 Å². The first-order chi connectivity index (χ1) is 13.2. The molecule has 4 rings (SSSR count). The zero-order valence-electron chi connectivity index (χ0n) is 15.9. The van der Waals surface area contributed by atoms with Crippen molar-refractivity contribution in [2.45, 2.75) is 37.6 Å². The minimum Gasteiger partial charge on any atom is -0.361 e. The summed E-state index contributed by atoms with van der Waals surface area (Å²) >= 11 is 0. The lowest BCUT2D eigenvalue weighted by Gasteiger charge is -2.26. The highest BCUT2D eigenvalue weighted by molar-refractivity contribution is 5.85. The number of hydrogen-bond donors (Lipinski definition) is 3. The van der Waals surface area contributed by atoms with Gasteiger partial charge in [-0.05, 0) is 36.5 Å². The van der Waals surface area contributed by atoms with E-state index in [-0.39, 0.29) is 36.2 Å². The van der Waals surface area contributed by atoms with Gasteiger partial charge in [-0.1, -0.05) is 55.0 Å². The van der Waals surface area contributed by atoms with Crippen molar-refractivity contribution in [2.24, 2.45) is 11.7 Å². The van der Waals surface area contributed by atoms with Gasteiger partial charge in [0.25, 0.3) is 0 Å². The van der Waals surface area contributed by atoms with E-state index < -0.39 is 0 Å². The Balaban J connectivity index is 0.00000225. The number of carbonyl (C=O) groups excluding carboxylic acids is 1. The van der Waals surface area contributed by atoms with E-state index in [4.69, 9.17) is 5.73 Å². The van der Waals surface area contributed by atoms with Gasteiger partial charge in [-0.3, -0.25) is 4.79 Å². The quantitative estimate of drug-likeness (QED) is 0.598. The third-order valence-corrected chi connectivity index (χ3v) is 5.76. The van der Waals surface area contributed by atoms with Crippen LogP contribution >= 0.6 is 12.4 Å². The number of nitrogens with one attached hydrogen (secondary N) is 2. The molecule has 0 bridgehead atoms. The molecule has 0 spiro atoms. The van der Waals surface area contributed by atoms with Crippen LogP contribution in [0.2, 0.25) is 0 Å². The zero-order valence-corrected chi connectivity index (χ0v) is 16.8. The normalized spacial score (nSPS) is 20.3. The van der Waals surface area contributed by atoms with E-state index in [9.17, 15) is 4.79 Å². The third kappa shape index (κ3) is 4.40. The summed E-state index contributed by atoms with van der Waals surface area (Å²) in [6, 6.07) is 18.9. The Morgan fingerprint density at radius 2 is 1.86 bits per heavy atom. The van der Waals surface area contributed by atoms with Crippen LogP contribution in [0.5, 0.6) is 0 Å². The molecular weight excluding hydrogens is 370 g/mol. The number of nitrogens with two attached hydrogens (primary N) is 1. The maximum absolute atomic E-state index is 12.7. The van der Waals surface area contributed by atoms with Crippen molar-refractivity contribution in [1.82, 2.24) is 10.3 Å². The van der Waals surface area contributed by atoms with Crippen molar-refractivity contribution >= 4 is 29.2 Å². The molecule has 4 nitrogen and oxygen atoms in total. The van der Waals surface area contributed by atoms with E-state index in [1.165, 1.54) is 16.5 Å². The third-order valence-electron chi connectivity index (χ3n) is 5.76. The van der Waals surface area contributed by atoms with Crippen LogP contribution in [0.1, 0.15) is 42.7 Å². The summed E-state index contributed by atoms with van der Waals surface area (Å²) in [7, 11) is 0. The fraction of sp³-hybridized carbons (Fsp3) is 0.348. The highest BCUT2D eigenvalue weighted by Gasteiger charge is 2.26. The molecule has 28 heavy (non-hydrogen) atoms. The molecule has 3 atom stereocenters. The van der Waals surface area contributed by atoms with Gasteiger partial charge in [0.15, 0.2) is 0 Å². The van der Waals surface area contributed by atoms with Gasteiger partial charge in [-0.25, -0.2) is 0 Å². The lowest BCUT2D eigenvalue weighted by Crippen LogP contribution is -2.39. The van der Waals surface area contributed by atoms with Crippen molar-refractivity contribution in [3.05, 3.63) is 71.9 Å². The number of benzene rings is 2. The van der Waals surface area contributed by atoms with E-state index in [1.807, 2.05) is 12.1 Å². The van der Waals surface area contributed by atoms with E-state index in [0.29, 0.717) is 6.54 Å². The minimum absolute atomic E-state index is 0. The van der Waals surface area contributed by atoms with E-state index in [1.54, 1.807) is 0 Å². The Labute approximate surface area is 172 Å². The molecule has 5 heteroatoms. The maximum atomic E-state index is 12.7. The number of carbonyl (C=O) groups is 1. The summed E-state index contributed by atoms with van der Waals surface area (Å²) in [5, 5.41) is 4.42. The molecule has 4 N–H and O–H groups in total. The largest absolute Gasteiger partial charge is 0.361 e. The van der Waals surface area contributed by atoms with Crippen molar-refractivity contribution < 1.29 is 4.79 Å². The van der Waals surface area contributed by atoms with Gasteiger partial charge in [-0.2, -0.15) is 0 Å². The number of aromatic nitrogens is 1. The van der Waals surface area contributed by atoms with Crippen LogP contribution in [0.25, 0.3) is 10.9 Å². The highest BCUT2D eigenvalue weighted by Crippen LogP contribution is 2.31. The second kappa shape index (κ2) is 9.26. The van der Waals surface area contributed by atoms with Gasteiger partial charge < -0.3 is 16.0 Å². The van der Waals surface area contributed by atoms with Crippen LogP contribution in [0.4, 0.5) is 0 Å². The number of fused-ring (bicyclic) bond motifs is 1. The molecule has 1 saturated carbocycles. The summed E-state index contributed by atoms with van der Waals surface area (Å²) in [6.45, 7) is 0.594. The molecule has 1 amide bonds. The van der Waals surface area contributed by atoms with Crippen LogP contribution in [-0.2, 0) is 4.79 Å². The first-order valence-corrected chi connectivity index (χ1v) is 9.86. The molecule has 1 aliphatic carbocycles. The van der Waals surface area contributed by atoms with Crippen LogP contribution in [0, 0.1) is 5.92 Å². The van der Waals surface area contributed by atoms with Gasteiger partial charge in [0, 0.05) is 41.5 Å². The Kier molecular flexibility index (Phi) is 6.76. The van der Waals surface area contributed by atoms with Gasteiger partial charge in [0.1, 0.15) is 0 Å². The van der Waals surface area contributed by atoms with Crippen LogP contribution < -0.4 is 11.1 Å². The number of halogens is 1. The summed E-state index contributed by atoms with van der Waals surface area (Å²) in [5.41, 5.74) is 9.62. The van der Waals surface area contributed by atoms with Crippen LogP contribution in [-0.4, -0.2) is 23.5 Å². The smallest absolute Gasteiger partial charge is 0.223 e. The molecule has 0 saturated heterocycles. The topological polar surface area (TPSA) is 70.9 Å². The second-order valence-electron chi connectivity index (χ2n) is 7.62. The molecule has 1 aliphatic rings. The summed E-state index contributed by atoms with van der Waals surface area (Å²) in [4.78, 5) is 16.1. The molecule has 0 radical (unpaired) electrons. The summed E-state index contributed by atoms with van der Waals surface area (Å²) in [6.07, 6.45) is 5.90. The van der Waals surface area contributed by atoms with Crippen molar-refractivity contribution in [3.8, 4) is 0 Å². The monoisotopic (exact) mass is 397 g/mol. The molecule has 1 aromatic heterocycles. The molecule has 3 unspecified atom stereocenters. The SMILES string of the molecule is Cl.NC1CCCC(C(=O)NCC(c2ccccc2)c2c[nH]c3ccccc23)C1. The lowest BCUT2D eigenvalue weighted by atomic mass is 9.85. The van der Waals surface area contributed by atoms with Crippen LogP contribution in [0.3, 0.4) is 0 Å². The number of para-hydroxylation sites is 1. The second-order valence-corrected chi connectivity index (χ2v) is 7.62. The Hall–Kier alpha value is -2.30. The number of aromatic amines is 1. The fourth-order valence-electron chi connectivity index (χ4n) is 4.29. The zero-order chi connectivity index (χ0) is 18.6. The van der Waals surface area contributed by atoms with E-state index in [0.717, 1.165) is 31.2 Å². The minimum atomic E-state index is 0.